The first-order valence-corrected chi connectivity index (χ1v) is 0. The van der Waals surface area contributed by atoms with Gasteiger partial charge in [0.25, 0.3) is 0 Å². The molecule has 0 saturated heterocycles. The van der Waals surface area contributed by atoms with Gasteiger partial charge in [0, 0.05) is 0 Å². The van der Waals surface area contributed by atoms with Crippen molar-refractivity contribution in [3.8, 4) is 0 Å². The SMILES string of the molecule is [Hg+2].[Pb+2].[S-2].[S-2]. The predicted octanol–water partition coefficient (Wildman–Crippen LogP) is -0.388. The van der Waals surface area contributed by atoms with E-state index in [1.165, 1.54) is 0 Å². The molecular formula is HgPbS2. The van der Waals surface area contributed by atoms with Gasteiger partial charge in [-0.3, -0.25) is 0 Å². The maximum Gasteiger partial charge on any atom is 2.00 e. The van der Waals surface area contributed by atoms with Crippen molar-refractivity contribution in [2.24, 2.45) is 0 Å². The second-order valence-corrected chi connectivity index (χ2v) is 0. The van der Waals surface area contributed by atoms with Gasteiger partial charge in [0.15, 0.2) is 0 Å². The molecule has 0 rings (SSSR count). The van der Waals surface area contributed by atoms with Crippen LogP contribution in [0.4, 0.5) is 0 Å². The monoisotopic (exact) mass is 474 g/mol. The zero-order valence-corrected chi connectivity index (χ0v) is 13.0. The van der Waals surface area contributed by atoms with Gasteiger partial charge in [0.1, 0.15) is 0 Å². The first-order chi connectivity index (χ1) is 0. The Morgan fingerprint density at radius 1 is 0.750 bits per heavy atom. The first-order valence-electron chi connectivity index (χ1n) is 0. The van der Waals surface area contributed by atoms with Gasteiger partial charge in [-0.15, -0.1) is 0 Å². The van der Waals surface area contributed by atoms with Gasteiger partial charge in [0.05, 0.1) is 0 Å². The first kappa shape index (κ1) is 31.0. The molecule has 4 heteroatoms. The second kappa shape index (κ2) is 17.6. The Morgan fingerprint density at radius 2 is 0.750 bits per heavy atom. The topological polar surface area (TPSA) is 0 Å². The van der Waals surface area contributed by atoms with Gasteiger partial charge in [-0.2, -0.15) is 0 Å². The van der Waals surface area contributed by atoms with Crippen molar-refractivity contribution in [3.63, 3.8) is 0 Å². The fourth-order valence-corrected chi connectivity index (χ4v) is 0. The fraction of sp³-hybridized carbons (Fsp3) is 0. The van der Waals surface area contributed by atoms with Gasteiger partial charge in [-0.1, -0.05) is 0 Å². The van der Waals surface area contributed by atoms with Crippen molar-refractivity contribution < 1.29 is 27.7 Å². The molecule has 0 unspecified atom stereocenters. The van der Waals surface area contributed by atoms with Gasteiger partial charge in [0.2, 0.25) is 0 Å². The molecule has 0 nitrogen and oxygen atoms in total. The Hall–Kier alpha value is 2.56. The molecule has 0 N–H and O–H groups in total. The summed E-state index contributed by atoms with van der Waals surface area (Å²) in [5.41, 5.74) is 0. The Morgan fingerprint density at radius 3 is 0.750 bits per heavy atom. The zero-order valence-electron chi connectivity index (χ0n) is 2.02. The third kappa shape index (κ3) is 8.82. The second-order valence-electron chi connectivity index (χ2n) is 0. The summed E-state index contributed by atoms with van der Waals surface area (Å²) >= 11 is 0. The summed E-state index contributed by atoms with van der Waals surface area (Å²) in [6, 6.07) is 0. The van der Waals surface area contributed by atoms with E-state index in [0.29, 0.717) is 0 Å². The van der Waals surface area contributed by atoms with E-state index >= 15 is 0 Å². The molecule has 0 bridgehead atoms. The van der Waals surface area contributed by atoms with Crippen LogP contribution in [0.2, 0.25) is 0 Å². The summed E-state index contributed by atoms with van der Waals surface area (Å²) in [5, 5.41) is 0. The third-order valence-corrected chi connectivity index (χ3v) is 0. The molecule has 0 spiro atoms. The Labute approximate surface area is 80.7 Å². The maximum atomic E-state index is 0. The van der Waals surface area contributed by atoms with Crippen molar-refractivity contribution in [1.29, 1.82) is 0 Å². The minimum atomic E-state index is 0. The average molecular weight is 472 g/mol. The van der Waals surface area contributed by atoms with Crippen molar-refractivity contribution in [3.05, 3.63) is 0 Å². The molecule has 0 aromatic heterocycles. The van der Waals surface area contributed by atoms with Crippen LogP contribution in [0.15, 0.2) is 0 Å². The van der Waals surface area contributed by atoms with E-state index in [2.05, 4.69) is 0 Å². The summed E-state index contributed by atoms with van der Waals surface area (Å²) in [6.45, 7) is 0. The largest absolute Gasteiger partial charge is 2.00 e. The number of hydrogen-bond acceptors (Lipinski definition) is 0. The molecule has 18 valence electrons. The van der Waals surface area contributed by atoms with Gasteiger partial charge >= 0.3 is 55.0 Å². The minimum Gasteiger partial charge on any atom is -2.00 e. The summed E-state index contributed by atoms with van der Waals surface area (Å²) in [5.74, 6) is 0. The average Bonchev–Trinajstić information content (AvgIpc) is 0. The van der Waals surface area contributed by atoms with E-state index in [-0.39, 0.29) is 82.0 Å². The van der Waals surface area contributed by atoms with Gasteiger partial charge in [-0.25, -0.2) is 0 Å². The van der Waals surface area contributed by atoms with Crippen LogP contribution in [-0.2, 0) is 54.7 Å². The van der Waals surface area contributed by atoms with Crippen molar-refractivity contribution in [2.75, 3.05) is 0 Å². The van der Waals surface area contributed by atoms with Crippen LogP contribution in [0.3, 0.4) is 0 Å². The van der Waals surface area contributed by atoms with Crippen molar-refractivity contribution in [2.45, 2.75) is 0 Å². The molecule has 4 heavy (non-hydrogen) atoms. The van der Waals surface area contributed by atoms with E-state index in [4.69, 9.17) is 0 Å². The van der Waals surface area contributed by atoms with Crippen LogP contribution in [-0.4, -0.2) is 27.3 Å². The predicted molar refractivity (Wildman–Crippen MR) is 20.5 cm³/mol. The minimum absolute atomic E-state index is 0. The molecule has 0 aliphatic rings. The van der Waals surface area contributed by atoms with Gasteiger partial charge in [-0.05, 0) is 0 Å². The zero-order chi connectivity index (χ0) is 0. The molecular weight excluding hydrogens is 472 g/mol. The third-order valence-electron chi connectivity index (χ3n) is 0. The van der Waals surface area contributed by atoms with Crippen LogP contribution in [0.5, 0.6) is 0 Å². The molecule has 0 aromatic rings. The van der Waals surface area contributed by atoms with Crippen molar-refractivity contribution in [1.82, 2.24) is 0 Å². The van der Waals surface area contributed by atoms with Crippen LogP contribution >= 0.6 is 0 Å². The molecule has 0 aliphatic carbocycles. The summed E-state index contributed by atoms with van der Waals surface area (Å²) in [6.07, 6.45) is 0. The summed E-state index contributed by atoms with van der Waals surface area (Å²) < 4.78 is 0. The normalized spacial score (nSPS) is 0. The molecule has 0 atom stereocenters. The Bertz CT molecular complexity index is 6.00. The smallest absolute Gasteiger partial charge is 2.00 e. The summed E-state index contributed by atoms with van der Waals surface area (Å²) in [7, 11) is 0. The maximum absolute atomic E-state index is 0. The van der Waals surface area contributed by atoms with Crippen LogP contribution in [0, 0.1) is 0 Å². The van der Waals surface area contributed by atoms with Crippen LogP contribution in [0.25, 0.3) is 0 Å². The summed E-state index contributed by atoms with van der Waals surface area (Å²) in [4.78, 5) is 0. The van der Waals surface area contributed by atoms with Crippen LogP contribution in [0.1, 0.15) is 0 Å². The molecule has 0 amide bonds. The quantitative estimate of drug-likeness (QED) is 0.422. The van der Waals surface area contributed by atoms with E-state index in [1.54, 1.807) is 0 Å². The molecule has 0 fully saturated rings. The van der Waals surface area contributed by atoms with E-state index in [1.807, 2.05) is 0 Å². The fourth-order valence-electron chi connectivity index (χ4n) is 0. The molecule has 0 saturated carbocycles. The van der Waals surface area contributed by atoms with E-state index in [0.717, 1.165) is 0 Å². The Balaban J connectivity index is 0. The Kier molecular flexibility index (Phi) is 137. The molecule has 0 heterocycles. The van der Waals surface area contributed by atoms with Crippen molar-refractivity contribution >= 4 is 54.3 Å². The number of rotatable bonds is 0. The standard InChI is InChI=1S/Hg.Pb.2S/q2*+2;2*-2. The van der Waals surface area contributed by atoms with Crippen LogP contribution < -0.4 is 0 Å². The molecule has 2 radical (unpaired) electrons. The molecule has 0 aliphatic heterocycles. The van der Waals surface area contributed by atoms with E-state index in [9.17, 15) is 0 Å². The van der Waals surface area contributed by atoms with Gasteiger partial charge < -0.3 is 27.0 Å². The van der Waals surface area contributed by atoms with E-state index < -0.39 is 0 Å². The molecule has 0 aromatic carbocycles. The number of hydrogen-bond donors (Lipinski definition) is 0.